The fourth-order valence-electron chi connectivity index (χ4n) is 4.42. The van der Waals surface area contributed by atoms with Crippen LogP contribution in [-0.2, 0) is 10.0 Å². The normalized spacial score (nSPS) is 24.3. The van der Waals surface area contributed by atoms with Gasteiger partial charge in [-0.1, -0.05) is 0 Å². The molecule has 3 aromatic rings. The number of H-pyrrole nitrogens is 1. The molecule has 0 unspecified atom stereocenters. The number of carbonyl (C=O) groups excluding carboxylic acids is 1. The Labute approximate surface area is 173 Å². The number of amides is 1. The van der Waals surface area contributed by atoms with Gasteiger partial charge in [0.25, 0.3) is 5.91 Å². The third-order valence-corrected chi connectivity index (χ3v) is 7.92. The van der Waals surface area contributed by atoms with Crippen LogP contribution in [0.3, 0.4) is 0 Å². The van der Waals surface area contributed by atoms with Crippen molar-refractivity contribution in [3.63, 3.8) is 0 Å². The topological polar surface area (TPSA) is 126 Å². The molecule has 0 bridgehead atoms. The number of aromatic amines is 1. The number of nitrogens with one attached hydrogen (secondary N) is 2. The summed E-state index contributed by atoms with van der Waals surface area (Å²) in [5.74, 6) is 0.374. The van der Waals surface area contributed by atoms with E-state index in [-0.39, 0.29) is 29.4 Å². The third-order valence-electron chi connectivity index (χ3n) is 5.92. The molecule has 0 spiro atoms. The first-order valence-corrected chi connectivity index (χ1v) is 11.8. The Hall–Kier alpha value is -2.79. The van der Waals surface area contributed by atoms with Gasteiger partial charge in [-0.2, -0.15) is 4.31 Å². The molecule has 11 heteroatoms. The van der Waals surface area contributed by atoms with Crippen LogP contribution < -0.4 is 5.32 Å². The summed E-state index contributed by atoms with van der Waals surface area (Å²) in [6.07, 6.45) is 10.4. The molecule has 10 nitrogen and oxygen atoms in total. The number of hydrogen-bond donors (Lipinski definition) is 2. The first-order chi connectivity index (χ1) is 14.5. The van der Waals surface area contributed by atoms with Crippen LogP contribution in [0.1, 0.15) is 42.6 Å². The Morgan fingerprint density at radius 3 is 2.73 bits per heavy atom. The Kier molecular flexibility index (Phi) is 4.78. The SMILES string of the molecule is O=C(N[C@H]1CC[C@H](N2CCCS2(=O)=O)CC1)c1nc(-n2ccnc2)nc2cc[nH]c12. The van der Waals surface area contributed by atoms with Gasteiger partial charge in [0.15, 0.2) is 5.69 Å². The van der Waals surface area contributed by atoms with Crippen LogP contribution in [0.2, 0.25) is 0 Å². The van der Waals surface area contributed by atoms with E-state index in [0.717, 1.165) is 25.7 Å². The van der Waals surface area contributed by atoms with Crippen LogP contribution in [-0.4, -0.2) is 67.5 Å². The zero-order chi connectivity index (χ0) is 20.7. The number of carbonyl (C=O) groups is 1. The van der Waals surface area contributed by atoms with Gasteiger partial charge < -0.3 is 10.3 Å². The molecule has 2 N–H and O–H groups in total. The fraction of sp³-hybridized carbons (Fsp3) is 0.474. The first kappa shape index (κ1) is 19.2. The van der Waals surface area contributed by atoms with Crippen LogP contribution >= 0.6 is 0 Å². The highest BCUT2D eigenvalue weighted by atomic mass is 32.2. The van der Waals surface area contributed by atoms with E-state index in [1.165, 1.54) is 0 Å². The van der Waals surface area contributed by atoms with E-state index in [0.29, 0.717) is 29.9 Å². The minimum Gasteiger partial charge on any atom is -0.358 e. The predicted molar refractivity (Wildman–Crippen MR) is 110 cm³/mol. The van der Waals surface area contributed by atoms with Gasteiger partial charge in [0.2, 0.25) is 16.0 Å². The van der Waals surface area contributed by atoms with Crippen molar-refractivity contribution in [2.24, 2.45) is 0 Å². The highest BCUT2D eigenvalue weighted by Crippen LogP contribution is 2.28. The number of aromatic nitrogens is 5. The monoisotopic (exact) mass is 429 g/mol. The molecule has 30 heavy (non-hydrogen) atoms. The number of hydrogen-bond acceptors (Lipinski definition) is 6. The molecule has 0 aromatic carbocycles. The molecule has 4 heterocycles. The van der Waals surface area contributed by atoms with Crippen LogP contribution in [0.25, 0.3) is 17.0 Å². The van der Waals surface area contributed by atoms with Crippen molar-refractivity contribution in [2.75, 3.05) is 12.3 Å². The highest BCUT2D eigenvalue weighted by molar-refractivity contribution is 7.89. The third kappa shape index (κ3) is 3.47. The van der Waals surface area contributed by atoms with Crippen molar-refractivity contribution < 1.29 is 13.2 Å². The summed E-state index contributed by atoms with van der Waals surface area (Å²) in [4.78, 5) is 29.0. The first-order valence-electron chi connectivity index (χ1n) is 10.1. The molecule has 0 atom stereocenters. The Balaban J connectivity index is 1.31. The molecule has 2 fully saturated rings. The maximum absolute atomic E-state index is 13.0. The second-order valence-corrected chi connectivity index (χ2v) is 9.88. The van der Waals surface area contributed by atoms with Gasteiger partial charge in [-0.25, -0.2) is 23.4 Å². The lowest BCUT2D eigenvalue weighted by atomic mass is 9.91. The van der Waals surface area contributed by atoms with Crippen molar-refractivity contribution in [3.8, 4) is 5.95 Å². The minimum atomic E-state index is -3.10. The average Bonchev–Trinajstić information content (AvgIpc) is 3.48. The van der Waals surface area contributed by atoms with Gasteiger partial charge in [0.1, 0.15) is 6.33 Å². The smallest absolute Gasteiger partial charge is 0.272 e. The number of imidazole rings is 1. The average molecular weight is 430 g/mol. The lowest BCUT2D eigenvalue weighted by molar-refractivity contribution is 0.0915. The molecule has 1 aliphatic carbocycles. The Morgan fingerprint density at radius 2 is 2.03 bits per heavy atom. The van der Waals surface area contributed by atoms with E-state index >= 15 is 0 Å². The van der Waals surface area contributed by atoms with Gasteiger partial charge in [0.05, 0.1) is 16.8 Å². The molecule has 0 radical (unpaired) electrons. The van der Waals surface area contributed by atoms with Gasteiger partial charge in [-0.15, -0.1) is 0 Å². The molecular formula is C19H23N7O3S. The molecule has 2 aliphatic rings. The standard InChI is InChI=1S/C19H23N7O3S/c27-18(22-13-2-4-14(5-3-13)26-9-1-11-30(26,28)29)17-16-15(6-7-21-16)23-19(24-17)25-10-8-20-12-25/h6-8,10,12-14,21H,1-5,9,11H2,(H,22,27)/t13-,14-. The quantitative estimate of drug-likeness (QED) is 0.642. The maximum Gasteiger partial charge on any atom is 0.272 e. The van der Waals surface area contributed by atoms with Crippen LogP contribution in [0.5, 0.6) is 0 Å². The van der Waals surface area contributed by atoms with E-state index in [9.17, 15) is 13.2 Å². The van der Waals surface area contributed by atoms with Gasteiger partial charge in [0, 0.05) is 37.2 Å². The highest BCUT2D eigenvalue weighted by Gasteiger charge is 2.36. The van der Waals surface area contributed by atoms with E-state index < -0.39 is 10.0 Å². The minimum absolute atomic E-state index is 0.00395. The summed E-state index contributed by atoms with van der Waals surface area (Å²) >= 11 is 0. The second-order valence-electron chi connectivity index (χ2n) is 7.84. The van der Waals surface area contributed by atoms with Gasteiger partial charge in [-0.05, 0) is 38.2 Å². The molecule has 158 valence electrons. The van der Waals surface area contributed by atoms with E-state index in [1.54, 1.807) is 39.9 Å². The molecule has 1 saturated carbocycles. The number of fused-ring (bicyclic) bond motifs is 1. The molecule has 1 amide bonds. The van der Waals surface area contributed by atoms with Gasteiger partial charge in [-0.3, -0.25) is 9.36 Å². The molecule has 3 aromatic heterocycles. The molecular weight excluding hydrogens is 406 g/mol. The summed E-state index contributed by atoms with van der Waals surface area (Å²) in [6, 6.07) is 1.85. The zero-order valence-corrected chi connectivity index (χ0v) is 17.2. The lowest BCUT2D eigenvalue weighted by Crippen LogP contribution is -2.44. The fourth-order valence-corrected chi connectivity index (χ4v) is 6.22. The molecule has 1 aliphatic heterocycles. The van der Waals surface area contributed by atoms with Crippen LogP contribution in [0, 0.1) is 0 Å². The summed E-state index contributed by atoms with van der Waals surface area (Å²) < 4.78 is 27.7. The maximum atomic E-state index is 13.0. The predicted octanol–water partition coefficient (Wildman–Crippen LogP) is 1.22. The van der Waals surface area contributed by atoms with Crippen molar-refractivity contribution in [1.82, 2.24) is 34.1 Å². The van der Waals surface area contributed by atoms with Gasteiger partial charge >= 0.3 is 0 Å². The Morgan fingerprint density at radius 1 is 1.20 bits per heavy atom. The summed E-state index contributed by atoms with van der Waals surface area (Å²) in [7, 11) is -3.10. The van der Waals surface area contributed by atoms with E-state index in [2.05, 4.69) is 25.3 Å². The summed E-state index contributed by atoms with van der Waals surface area (Å²) in [6.45, 7) is 0.618. The largest absolute Gasteiger partial charge is 0.358 e. The number of nitrogens with zero attached hydrogens (tertiary/aromatic N) is 5. The zero-order valence-electron chi connectivity index (χ0n) is 16.4. The molecule has 1 saturated heterocycles. The van der Waals surface area contributed by atoms with Crippen LogP contribution in [0.4, 0.5) is 0 Å². The van der Waals surface area contributed by atoms with Crippen molar-refractivity contribution in [3.05, 3.63) is 36.7 Å². The summed E-state index contributed by atoms with van der Waals surface area (Å²) in [5.41, 5.74) is 1.54. The van der Waals surface area contributed by atoms with Crippen molar-refractivity contribution in [2.45, 2.75) is 44.2 Å². The number of rotatable bonds is 4. The second kappa shape index (κ2) is 7.47. The van der Waals surface area contributed by atoms with Crippen molar-refractivity contribution in [1.29, 1.82) is 0 Å². The van der Waals surface area contributed by atoms with E-state index in [4.69, 9.17) is 0 Å². The van der Waals surface area contributed by atoms with Crippen LogP contribution in [0.15, 0.2) is 31.0 Å². The summed E-state index contributed by atoms with van der Waals surface area (Å²) in [5, 5.41) is 3.08. The molecule has 5 rings (SSSR count). The number of sulfonamides is 1. The lowest BCUT2D eigenvalue weighted by Gasteiger charge is -2.33. The van der Waals surface area contributed by atoms with Crippen molar-refractivity contribution >= 4 is 27.0 Å². The van der Waals surface area contributed by atoms with E-state index in [1.807, 2.05) is 0 Å². The Bertz CT molecular complexity index is 1160.